The van der Waals surface area contributed by atoms with Crippen LogP contribution in [0.5, 0.6) is 11.5 Å². The second kappa shape index (κ2) is 9.72. The van der Waals surface area contributed by atoms with Crippen molar-refractivity contribution in [1.29, 1.82) is 0 Å². The summed E-state index contributed by atoms with van der Waals surface area (Å²) in [5, 5.41) is 9.30. The van der Waals surface area contributed by atoms with Crippen molar-refractivity contribution in [1.82, 2.24) is 24.4 Å². The fourth-order valence-corrected chi connectivity index (χ4v) is 4.81. The van der Waals surface area contributed by atoms with Gasteiger partial charge in [-0.1, -0.05) is 25.4 Å². The average molecular weight is 472 g/mol. The van der Waals surface area contributed by atoms with Crippen LogP contribution >= 0.6 is 11.6 Å². The van der Waals surface area contributed by atoms with Crippen molar-refractivity contribution in [3.05, 3.63) is 34.4 Å². The van der Waals surface area contributed by atoms with Gasteiger partial charge in [0.1, 0.15) is 5.82 Å². The minimum Gasteiger partial charge on any atom is -0.493 e. The minimum atomic E-state index is -3.38. The Kier molecular flexibility index (Phi) is 7.46. The van der Waals surface area contributed by atoms with Gasteiger partial charge < -0.3 is 14.0 Å². The highest BCUT2D eigenvalue weighted by atomic mass is 35.5. The summed E-state index contributed by atoms with van der Waals surface area (Å²) in [6.45, 7) is 6.79. The fourth-order valence-electron chi connectivity index (χ4n) is 3.75. The Balaban J connectivity index is 1.78. The molecule has 1 aliphatic rings. The summed E-state index contributed by atoms with van der Waals surface area (Å²) in [6.07, 6.45) is 1.87. The van der Waals surface area contributed by atoms with Gasteiger partial charge in [-0.2, -0.15) is 0 Å². The van der Waals surface area contributed by atoms with E-state index in [0.29, 0.717) is 41.9 Å². The summed E-state index contributed by atoms with van der Waals surface area (Å²) in [6, 6.07) is 3.25. The van der Waals surface area contributed by atoms with Crippen LogP contribution in [0.4, 0.5) is 0 Å². The van der Waals surface area contributed by atoms with Crippen molar-refractivity contribution in [2.45, 2.75) is 39.4 Å². The smallest absolute Gasteiger partial charge is 0.209 e. The lowest BCUT2D eigenvalue weighted by Gasteiger charge is -2.23. The van der Waals surface area contributed by atoms with Crippen LogP contribution < -0.4 is 14.2 Å². The van der Waals surface area contributed by atoms with Crippen molar-refractivity contribution in [2.75, 3.05) is 33.6 Å². The molecule has 1 aromatic heterocycles. The monoisotopic (exact) mass is 471 g/mol. The minimum absolute atomic E-state index is 0.0351. The van der Waals surface area contributed by atoms with Gasteiger partial charge in [-0.25, -0.2) is 13.1 Å². The van der Waals surface area contributed by atoms with Crippen LogP contribution in [-0.2, 0) is 29.5 Å². The van der Waals surface area contributed by atoms with Gasteiger partial charge in [0.15, 0.2) is 17.3 Å². The molecule has 1 aliphatic heterocycles. The average Bonchev–Trinajstić information content (AvgIpc) is 3.00. The Morgan fingerprint density at radius 3 is 2.42 bits per heavy atom. The van der Waals surface area contributed by atoms with E-state index in [0.717, 1.165) is 30.7 Å². The molecule has 1 atom stereocenters. The van der Waals surface area contributed by atoms with E-state index in [9.17, 15) is 8.42 Å². The summed E-state index contributed by atoms with van der Waals surface area (Å²) in [5.74, 6) is 2.79. The zero-order valence-corrected chi connectivity index (χ0v) is 20.1. The van der Waals surface area contributed by atoms with E-state index in [-0.39, 0.29) is 5.92 Å². The lowest BCUT2D eigenvalue weighted by Crippen LogP contribution is -2.33. The van der Waals surface area contributed by atoms with Crippen LogP contribution in [0.25, 0.3) is 0 Å². The summed E-state index contributed by atoms with van der Waals surface area (Å²) in [4.78, 5) is 2.29. The Morgan fingerprint density at radius 1 is 1.13 bits per heavy atom. The number of nitrogens with one attached hydrogen (secondary N) is 1. The van der Waals surface area contributed by atoms with Crippen LogP contribution in [0.2, 0.25) is 5.02 Å². The van der Waals surface area contributed by atoms with Crippen molar-refractivity contribution < 1.29 is 17.9 Å². The molecule has 1 N–H and O–H groups in total. The van der Waals surface area contributed by atoms with Crippen LogP contribution in [0.3, 0.4) is 0 Å². The van der Waals surface area contributed by atoms with E-state index in [2.05, 4.69) is 19.8 Å². The molecule has 0 saturated carbocycles. The lowest BCUT2D eigenvalue weighted by atomic mass is 10.1. The van der Waals surface area contributed by atoms with Gasteiger partial charge in [-0.15, -0.1) is 10.2 Å². The third-order valence-corrected chi connectivity index (χ3v) is 6.41. The standard InChI is InChI=1S/C20H30ClN5O4S/c1-13(2)19(24-31(5,27)28)20-23-22-18-6-7-25(8-9-26(18)20)12-14-10-16(29-3)17(30-4)11-15(14)21/h10-11,13,19,24H,6-9,12H2,1-5H3. The number of nitrogens with zero attached hydrogens (tertiary/aromatic N) is 4. The Morgan fingerprint density at radius 2 is 1.81 bits per heavy atom. The van der Waals surface area contributed by atoms with Gasteiger partial charge in [0, 0.05) is 43.7 Å². The van der Waals surface area contributed by atoms with Gasteiger partial charge in [-0.3, -0.25) is 4.90 Å². The van der Waals surface area contributed by atoms with E-state index < -0.39 is 16.1 Å². The fraction of sp³-hybridized carbons (Fsp3) is 0.600. The molecule has 0 spiro atoms. The predicted molar refractivity (Wildman–Crippen MR) is 119 cm³/mol. The van der Waals surface area contributed by atoms with E-state index in [1.54, 1.807) is 20.3 Å². The number of hydrogen-bond donors (Lipinski definition) is 1. The summed E-state index contributed by atoms with van der Waals surface area (Å²) >= 11 is 6.47. The maximum absolute atomic E-state index is 11.9. The number of hydrogen-bond acceptors (Lipinski definition) is 7. The second-order valence-electron chi connectivity index (χ2n) is 8.06. The highest BCUT2D eigenvalue weighted by Crippen LogP contribution is 2.34. The molecule has 0 amide bonds. The normalized spacial score (nSPS) is 16.1. The molecule has 0 saturated heterocycles. The number of aromatic nitrogens is 3. The molecule has 0 radical (unpaired) electrons. The Bertz CT molecular complexity index is 1020. The van der Waals surface area contributed by atoms with Gasteiger partial charge in [-0.05, 0) is 17.5 Å². The largest absolute Gasteiger partial charge is 0.493 e. The van der Waals surface area contributed by atoms with Gasteiger partial charge in [0.2, 0.25) is 10.0 Å². The number of fused-ring (bicyclic) bond motifs is 1. The third kappa shape index (κ3) is 5.68. The quantitative estimate of drug-likeness (QED) is 0.630. The summed E-state index contributed by atoms with van der Waals surface area (Å²) in [5.41, 5.74) is 0.955. The predicted octanol–water partition coefficient (Wildman–Crippen LogP) is 2.25. The third-order valence-electron chi connectivity index (χ3n) is 5.38. The molecule has 2 aromatic rings. The molecule has 0 fully saturated rings. The van der Waals surface area contributed by atoms with Gasteiger partial charge in [0.25, 0.3) is 0 Å². The van der Waals surface area contributed by atoms with E-state index in [1.165, 1.54) is 0 Å². The van der Waals surface area contributed by atoms with Crippen molar-refractivity contribution in [2.24, 2.45) is 5.92 Å². The van der Waals surface area contributed by atoms with Crippen LogP contribution in [0, 0.1) is 5.92 Å². The molecule has 172 valence electrons. The molecule has 0 bridgehead atoms. The first-order valence-electron chi connectivity index (χ1n) is 10.1. The topological polar surface area (TPSA) is 98.6 Å². The number of rotatable bonds is 8. The molecule has 1 aromatic carbocycles. The van der Waals surface area contributed by atoms with Gasteiger partial charge >= 0.3 is 0 Å². The number of benzene rings is 1. The number of halogens is 1. The Hall–Kier alpha value is -1.88. The number of ether oxygens (including phenoxy) is 2. The lowest BCUT2D eigenvalue weighted by molar-refractivity contribution is 0.268. The van der Waals surface area contributed by atoms with E-state index >= 15 is 0 Å². The molecule has 0 aliphatic carbocycles. The first kappa shape index (κ1) is 23.8. The molecule has 11 heteroatoms. The van der Waals surface area contributed by atoms with Crippen molar-refractivity contribution in [3.8, 4) is 11.5 Å². The zero-order valence-electron chi connectivity index (χ0n) is 18.6. The Labute approximate surface area is 188 Å². The van der Waals surface area contributed by atoms with E-state index in [4.69, 9.17) is 21.1 Å². The molecular formula is C20H30ClN5O4S. The maximum atomic E-state index is 11.9. The summed E-state index contributed by atoms with van der Waals surface area (Å²) in [7, 11) is -0.193. The second-order valence-corrected chi connectivity index (χ2v) is 10.2. The molecule has 3 rings (SSSR count). The maximum Gasteiger partial charge on any atom is 0.209 e. The first-order valence-corrected chi connectivity index (χ1v) is 12.4. The summed E-state index contributed by atoms with van der Waals surface area (Å²) < 4.78 is 39.2. The molecule has 31 heavy (non-hydrogen) atoms. The van der Waals surface area contributed by atoms with Crippen LogP contribution in [-0.4, -0.2) is 61.6 Å². The molecular weight excluding hydrogens is 442 g/mol. The van der Waals surface area contributed by atoms with Crippen LogP contribution in [0.15, 0.2) is 12.1 Å². The molecule has 2 heterocycles. The highest BCUT2D eigenvalue weighted by molar-refractivity contribution is 7.88. The van der Waals surface area contributed by atoms with Crippen molar-refractivity contribution in [3.63, 3.8) is 0 Å². The number of sulfonamides is 1. The molecule has 9 nitrogen and oxygen atoms in total. The van der Waals surface area contributed by atoms with E-state index in [1.807, 2.05) is 24.5 Å². The highest BCUT2D eigenvalue weighted by Gasteiger charge is 2.28. The van der Waals surface area contributed by atoms with Gasteiger partial charge in [0.05, 0.1) is 26.5 Å². The van der Waals surface area contributed by atoms with Crippen molar-refractivity contribution >= 4 is 21.6 Å². The zero-order chi connectivity index (χ0) is 22.8. The first-order chi connectivity index (χ1) is 14.6. The molecule has 1 unspecified atom stereocenters. The SMILES string of the molecule is COc1cc(Cl)c(CN2CCc3nnc(C(NS(C)(=O)=O)C(C)C)n3CC2)cc1OC. The number of methoxy groups -OCH3 is 2. The van der Waals surface area contributed by atoms with Crippen LogP contribution in [0.1, 0.15) is 37.1 Å².